The van der Waals surface area contributed by atoms with Crippen molar-refractivity contribution in [2.45, 2.75) is 32.9 Å². The van der Waals surface area contributed by atoms with E-state index in [1.807, 2.05) is 37.3 Å². The molecule has 2 amide bonds. The van der Waals surface area contributed by atoms with Crippen LogP contribution in [0.25, 0.3) is 0 Å². The molecule has 1 heterocycles. The van der Waals surface area contributed by atoms with Gasteiger partial charge in [-0.1, -0.05) is 30.3 Å². The number of hydrogen-bond donors (Lipinski definition) is 0. The maximum absolute atomic E-state index is 12.6. The van der Waals surface area contributed by atoms with Gasteiger partial charge < -0.3 is 19.3 Å². The van der Waals surface area contributed by atoms with Crippen LogP contribution in [0, 0.1) is 5.92 Å². The van der Waals surface area contributed by atoms with Crippen LogP contribution in [0.4, 0.5) is 5.69 Å². The maximum Gasteiger partial charge on any atom is 0.312 e. The molecule has 2 unspecified atom stereocenters. The van der Waals surface area contributed by atoms with Gasteiger partial charge in [0.2, 0.25) is 5.91 Å². The van der Waals surface area contributed by atoms with Crippen LogP contribution in [0.1, 0.15) is 25.8 Å². The van der Waals surface area contributed by atoms with Gasteiger partial charge in [-0.2, -0.15) is 0 Å². The Morgan fingerprint density at radius 1 is 1.13 bits per heavy atom. The van der Waals surface area contributed by atoms with Crippen molar-refractivity contribution in [1.29, 1.82) is 0 Å². The maximum atomic E-state index is 12.6. The molecular formula is C24H28N2O5. The fraction of sp³-hybridized carbons (Fsp3) is 0.375. The third-order valence-corrected chi connectivity index (χ3v) is 5.20. The van der Waals surface area contributed by atoms with Crippen molar-refractivity contribution in [1.82, 2.24) is 4.90 Å². The first kappa shape index (κ1) is 22.3. The number of hydrogen-bond acceptors (Lipinski definition) is 5. The van der Waals surface area contributed by atoms with Crippen LogP contribution in [0.5, 0.6) is 5.75 Å². The molecular weight excluding hydrogens is 396 g/mol. The molecule has 2 atom stereocenters. The summed E-state index contributed by atoms with van der Waals surface area (Å²) >= 11 is 0. The molecule has 0 radical (unpaired) electrons. The predicted octanol–water partition coefficient (Wildman–Crippen LogP) is 3.03. The molecule has 7 nitrogen and oxygen atoms in total. The summed E-state index contributed by atoms with van der Waals surface area (Å²) in [6.45, 7) is 4.68. The zero-order valence-corrected chi connectivity index (χ0v) is 18.1. The minimum Gasteiger partial charge on any atom is -0.494 e. The summed E-state index contributed by atoms with van der Waals surface area (Å²) in [5, 5.41) is 0. The van der Waals surface area contributed by atoms with Crippen molar-refractivity contribution >= 4 is 23.5 Å². The second-order valence-electron chi connectivity index (χ2n) is 7.59. The Morgan fingerprint density at radius 2 is 1.81 bits per heavy atom. The number of benzene rings is 2. The van der Waals surface area contributed by atoms with E-state index in [0.29, 0.717) is 18.8 Å². The van der Waals surface area contributed by atoms with E-state index in [0.717, 1.165) is 11.3 Å². The second-order valence-corrected chi connectivity index (χ2v) is 7.59. The van der Waals surface area contributed by atoms with Crippen molar-refractivity contribution < 1.29 is 23.9 Å². The van der Waals surface area contributed by atoms with Crippen LogP contribution in [-0.2, 0) is 25.7 Å². The normalized spacial score (nSPS) is 16.7. The molecule has 164 valence electrons. The third kappa shape index (κ3) is 5.63. The van der Waals surface area contributed by atoms with E-state index in [9.17, 15) is 14.4 Å². The van der Waals surface area contributed by atoms with Crippen molar-refractivity contribution in [2.75, 3.05) is 25.1 Å². The van der Waals surface area contributed by atoms with Gasteiger partial charge in [-0.25, -0.2) is 0 Å². The van der Waals surface area contributed by atoms with Gasteiger partial charge in [0.05, 0.1) is 12.5 Å². The Hall–Kier alpha value is -3.35. The lowest BCUT2D eigenvalue weighted by atomic mass is 10.1. The van der Waals surface area contributed by atoms with E-state index in [1.54, 1.807) is 43.1 Å². The molecule has 0 N–H and O–H groups in total. The number of likely N-dealkylation sites (N-methyl/N-ethyl adjacent to an activating group) is 1. The second kappa shape index (κ2) is 10.1. The van der Waals surface area contributed by atoms with Gasteiger partial charge in [0.1, 0.15) is 5.75 Å². The fourth-order valence-corrected chi connectivity index (χ4v) is 3.57. The molecule has 2 aromatic carbocycles. The van der Waals surface area contributed by atoms with E-state index in [1.165, 1.54) is 4.90 Å². The molecule has 1 aliphatic heterocycles. The summed E-state index contributed by atoms with van der Waals surface area (Å²) in [7, 11) is 1.67. The Morgan fingerprint density at radius 3 is 2.45 bits per heavy atom. The summed E-state index contributed by atoms with van der Waals surface area (Å²) in [5.41, 5.74) is 1.69. The Bertz CT molecular complexity index is 913. The number of carbonyl (C=O) groups excluding carboxylic acids is 3. The topological polar surface area (TPSA) is 76.2 Å². The molecule has 3 rings (SSSR count). The summed E-state index contributed by atoms with van der Waals surface area (Å²) in [6.07, 6.45) is -0.858. The number of rotatable bonds is 8. The van der Waals surface area contributed by atoms with E-state index in [4.69, 9.17) is 9.47 Å². The highest BCUT2D eigenvalue weighted by molar-refractivity contribution is 5.99. The molecule has 1 aliphatic rings. The molecule has 0 saturated carbocycles. The monoisotopic (exact) mass is 424 g/mol. The average molecular weight is 424 g/mol. The van der Waals surface area contributed by atoms with E-state index < -0.39 is 18.0 Å². The minimum absolute atomic E-state index is 0.0623. The number of carbonyl (C=O) groups is 3. The molecule has 1 saturated heterocycles. The van der Waals surface area contributed by atoms with Gasteiger partial charge in [0.25, 0.3) is 5.91 Å². The van der Waals surface area contributed by atoms with Gasteiger partial charge in [0.15, 0.2) is 6.10 Å². The number of ether oxygens (including phenoxy) is 2. The van der Waals surface area contributed by atoms with Crippen molar-refractivity contribution in [3.8, 4) is 5.75 Å². The first-order valence-electron chi connectivity index (χ1n) is 10.4. The fourth-order valence-electron chi connectivity index (χ4n) is 3.57. The van der Waals surface area contributed by atoms with Crippen molar-refractivity contribution in [3.05, 3.63) is 60.2 Å². The first-order chi connectivity index (χ1) is 14.9. The van der Waals surface area contributed by atoms with E-state index in [2.05, 4.69) is 0 Å². The van der Waals surface area contributed by atoms with Crippen LogP contribution in [0.3, 0.4) is 0 Å². The van der Waals surface area contributed by atoms with Crippen LogP contribution in [0.15, 0.2) is 54.6 Å². The standard InChI is InChI=1S/C24H28N2O5/c1-4-30-21-12-10-20(11-13-21)26-16-19(14-22(26)27)24(29)31-17(2)23(28)25(3)15-18-8-6-5-7-9-18/h5-13,17,19H,4,14-16H2,1-3H3. The van der Waals surface area contributed by atoms with E-state index in [-0.39, 0.29) is 24.8 Å². The van der Waals surface area contributed by atoms with Crippen molar-refractivity contribution in [3.63, 3.8) is 0 Å². The molecule has 0 aromatic heterocycles. The average Bonchev–Trinajstić information content (AvgIpc) is 3.16. The minimum atomic E-state index is -0.921. The largest absolute Gasteiger partial charge is 0.494 e. The summed E-state index contributed by atoms with van der Waals surface area (Å²) in [6, 6.07) is 16.8. The summed E-state index contributed by atoms with van der Waals surface area (Å²) < 4.78 is 10.8. The molecule has 31 heavy (non-hydrogen) atoms. The molecule has 0 bridgehead atoms. The highest BCUT2D eigenvalue weighted by Gasteiger charge is 2.37. The first-order valence-corrected chi connectivity index (χ1v) is 10.4. The number of nitrogens with zero attached hydrogens (tertiary/aromatic N) is 2. The molecule has 2 aromatic rings. The zero-order valence-electron chi connectivity index (χ0n) is 18.1. The number of amides is 2. The van der Waals surface area contributed by atoms with Gasteiger partial charge in [-0.05, 0) is 43.7 Å². The lowest BCUT2D eigenvalue weighted by molar-refractivity contribution is -0.161. The lowest BCUT2D eigenvalue weighted by Crippen LogP contribution is -2.38. The highest BCUT2D eigenvalue weighted by Crippen LogP contribution is 2.28. The van der Waals surface area contributed by atoms with Crippen LogP contribution >= 0.6 is 0 Å². The Balaban J connectivity index is 1.55. The van der Waals surface area contributed by atoms with Crippen LogP contribution in [0.2, 0.25) is 0 Å². The number of esters is 1. The van der Waals surface area contributed by atoms with E-state index >= 15 is 0 Å². The van der Waals surface area contributed by atoms with Gasteiger partial charge in [0, 0.05) is 32.2 Å². The van der Waals surface area contributed by atoms with Crippen molar-refractivity contribution in [2.24, 2.45) is 5.92 Å². The van der Waals surface area contributed by atoms with Crippen LogP contribution < -0.4 is 9.64 Å². The Labute approximate surface area is 182 Å². The summed E-state index contributed by atoms with van der Waals surface area (Å²) in [5.74, 6) is -0.846. The van der Waals surface area contributed by atoms with Gasteiger partial charge >= 0.3 is 5.97 Å². The molecule has 0 aliphatic carbocycles. The quantitative estimate of drug-likeness (QED) is 0.609. The molecule has 7 heteroatoms. The predicted molar refractivity (Wildman–Crippen MR) is 117 cm³/mol. The van der Waals surface area contributed by atoms with Gasteiger partial charge in [-0.15, -0.1) is 0 Å². The smallest absolute Gasteiger partial charge is 0.312 e. The Kier molecular flexibility index (Phi) is 7.28. The molecule has 1 fully saturated rings. The summed E-state index contributed by atoms with van der Waals surface area (Å²) in [4.78, 5) is 40.7. The lowest BCUT2D eigenvalue weighted by Gasteiger charge is -2.22. The molecule has 0 spiro atoms. The highest BCUT2D eigenvalue weighted by atomic mass is 16.5. The van der Waals surface area contributed by atoms with Gasteiger partial charge in [-0.3, -0.25) is 14.4 Å². The number of anilines is 1. The zero-order chi connectivity index (χ0) is 22.4. The SMILES string of the molecule is CCOc1ccc(N2CC(C(=O)OC(C)C(=O)N(C)Cc3ccccc3)CC2=O)cc1. The van der Waals surface area contributed by atoms with Crippen LogP contribution in [-0.4, -0.2) is 49.0 Å². The third-order valence-electron chi connectivity index (χ3n) is 5.20.